The van der Waals surface area contributed by atoms with E-state index in [-0.39, 0.29) is 29.6 Å². The molecule has 5 rings (SSSR count). The lowest BCUT2D eigenvalue weighted by Gasteiger charge is -2.58. The second-order valence-corrected chi connectivity index (χ2v) is 15.0. The van der Waals surface area contributed by atoms with Crippen LogP contribution < -0.4 is 4.74 Å². The number of allylic oxidation sites excluding steroid dienone is 1. The van der Waals surface area contributed by atoms with Crippen LogP contribution in [0.1, 0.15) is 105 Å². The molecule has 0 amide bonds. The maximum absolute atomic E-state index is 12.0. The standard InChI is InChI=1S/C36H53NO6/c1-24(2)7-6-8-25(3)31-15-16-32-30-14-9-26-23-29(17-19-35(26,4)33(30)18-20-36(31,32)5)41-21-22-42-34(38)43-28-12-10-27(11-13-28)37(39)40/h9-13,24-25,29-33H,6-8,14-23H2,1-5H3/t25-,29+,30+,31-,32+,33+,35+,36-/m1/s1. The van der Waals surface area contributed by atoms with Gasteiger partial charge in [0.05, 0.1) is 17.6 Å². The summed E-state index contributed by atoms with van der Waals surface area (Å²) >= 11 is 0. The number of benzene rings is 1. The number of ether oxygens (including phenoxy) is 3. The van der Waals surface area contributed by atoms with Gasteiger partial charge in [-0.1, -0.05) is 65.5 Å². The predicted molar refractivity (Wildman–Crippen MR) is 168 cm³/mol. The fraction of sp³-hybridized carbons (Fsp3) is 0.750. The summed E-state index contributed by atoms with van der Waals surface area (Å²) in [5, 5.41) is 10.8. The third kappa shape index (κ3) is 6.82. The van der Waals surface area contributed by atoms with Gasteiger partial charge in [-0.3, -0.25) is 10.1 Å². The third-order valence-electron chi connectivity index (χ3n) is 12.2. The summed E-state index contributed by atoms with van der Waals surface area (Å²) in [4.78, 5) is 22.3. The largest absolute Gasteiger partial charge is 0.513 e. The Bertz CT molecular complexity index is 1160. The molecule has 8 atom stereocenters. The van der Waals surface area contributed by atoms with Gasteiger partial charge in [0.2, 0.25) is 0 Å². The van der Waals surface area contributed by atoms with Crippen LogP contribution >= 0.6 is 0 Å². The minimum Gasteiger partial charge on any atom is -0.432 e. The van der Waals surface area contributed by atoms with E-state index in [1.165, 1.54) is 82.1 Å². The van der Waals surface area contributed by atoms with Crippen LogP contribution in [0.15, 0.2) is 35.9 Å². The SMILES string of the molecule is CC(C)CCC[C@@H](C)[C@H]1CC[C@H]2[C@@H]3CC=C4C[C@@H](OCCOC(=O)Oc5ccc([N+](=O)[O-])cc5)CC[C@]4(C)[C@H]3CC[C@]12C. The zero-order valence-corrected chi connectivity index (χ0v) is 27.0. The first-order valence-corrected chi connectivity index (χ1v) is 16.9. The van der Waals surface area contributed by atoms with Gasteiger partial charge in [0.1, 0.15) is 12.4 Å². The molecule has 0 unspecified atom stereocenters. The van der Waals surface area contributed by atoms with E-state index in [1.54, 1.807) is 5.57 Å². The van der Waals surface area contributed by atoms with Gasteiger partial charge in [-0.05, 0) is 110 Å². The molecule has 4 aliphatic carbocycles. The van der Waals surface area contributed by atoms with Crippen molar-refractivity contribution in [1.29, 1.82) is 0 Å². The van der Waals surface area contributed by atoms with Gasteiger partial charge in [0.15, 0.2) is 0 Å². The Morgan fingerprint density at radius 2 is 1.77 bits per heavy atom. The zero-order valence-electron chi connectivity index (χ0n) is 27.0. The van der Waals surface area contributed by atoms with Crippen molar-refractivity contribution < 1.29 is 23.9 Å². The first kappa shape index (κ1) is 32.0. The Labute approximate surface area is 258 Å². The van der Waals surface area contributed by atoms with Crippen molar-refractivity contribution in [2.45, 2.75) is 111 Å². The van der Waals surface area contributed by atoms with Crippen LogP contribution in [0.25, 0.3) is 0 Å². The van der Waals surface area contributed by atoms with Crippen LogP contribution in [-0.2, 0) is 9.47 Å². The number of rotatable bonds is 11. The minimum absolute atomic E-state index is 0.0621. The monoisotopic (exact) mass is 595 g/mol. The van der Waals surface area contributed by atoms with E-state index < -0.39 is 11.1 Å². The Morgan fingerprint density at radius 1 is 1.00 bits per heavy atom. The van der Waals surface area contributed by atoms with Crippen molar-refractivity contribution in [2.24, 2.45) is 46.3 Å². The van der Waals surface area contributed by atoms with Gasteiger partial charge in [-0.2, -0.15) is 0 Å². The van der Waals surface area contributed by atoms with Crippen molar-refractivity contribution in [3.05, 3.63) is 46.0 Å². The molecule has 43 heavy (non-hydrogen) atoms. The molecular formula is C36H53NO6. The lowest BCUT2D eigenvalue weighted by molar-refractivity contribution is -0.384. The van der Waals surface area contributed by atoms with Crippen molar-refractivity contribution in [2.75, 3.05) is 13.2 Å². The molecule has 3 fully saturated rings. The second kappa shape index (κ2) is 13.3. The number of hydrogen-bond donors (Lipinski definition) is 0. The molecule has 0 spiro atoms. The lowest BCUT2D eigenvalue weighted by atomic mass is 9.47. The highest BCUT2D eigenvalue weighted by atomic mass is 16.7. The maximum Gasteiger partial charge on any atom is 0.513 e. The van der Waals surface area contributed by atoms with E-state index in [9.17, 15) is 14.9 Å². The van der Waals surface area contributed by atoms with Gasteiger partial charge in [-0.15, -0.1) is 0 Å². The molecule has 0 N–H and O–H groups in total. The molecule has 0 saturated heterocycles. The molecule has 0 bridgehead atoms. The third-order valence-corrected chi connectivity index (χ3v) is 12.2. The van der Waals surface area contributed by atoms with Gasteiger partial charge in [0.25, 0.3) is 5.69 Å². The van der Waals surface area contributed by atoms with Crippen molar-refractivity contribution >= 4 is 11.8 Å². The number of nitro benzene ring substituents is 1. The molecule has 0 radical (unpaired) electrons. The topological polar surface area (TPSA) is 87.9 Å². The molecule has 0 heterocycles. The van der Waals surface area contributed by atoms with Gasteiger partial charge in [0, 0.05) is 12.1 Å². The molecule has 1 aromatic carbocycles. The molecule has 7 nitrogen and oxygen atoms in total. The first-order valence-electron chi connectivity index (χ1n) is 16.9. The van der Waals surface area contributed by atoms with Crippen LogP contribution in [-0.4, -0.2) is 30.4 Å². The van der Waals surface area contributed by atoms with E-state index in [4.69, 9.17) is 14.2 Å². The van der Waals surface area contributed by atoms with Crippen molar-refractivity contribution in [1.82, 2.24) is 0 Å². The van der Waals surface area contributed by atoms with Gasteiger partial charge < -0.3 is 14.2 Å². The zero-order chi connectivity index (χ0) is 30.8. The second-order valence-electron chi connectivity index (χ2n) is 15.0. The highest BCUT2D eigenvalue weighted by molar-refractivity contribution is 5.63. The molecule has 0 aliphatic heterocycles. The van der Waals surface area contributed by atoms with Crippen LogP contribution in [0.3, 0.4) is 0 Å². The summed E-state index contributed by atoms with van der Waals surface area (Å²) in [6, 6.07) is 5.34. The molecule has 1 aromatic rings. The van der Waals surface area contributed by atoms with Crippen molar-refractivity contribution in [3.8, 4) is 5.75 Å². The Hall–Kier alpha value is -2.41. The average Bonchev–Trinajstić information content (AvgIpc) is 3.32. The summed E-state index contributed by atoms with van der Waals surface area (Å²) in [6.45, 7) is 12.9. The number of nitro groups is 1. The maximum atomic E-state index is 12.0. The number of hydrogen-bond acceptors (Lipinski definition) is 6. The predicted octanol–water partition coefficient (Wildman–Crippen LogP) is 9.54. The molecule has 0 aromatic heterocycles. The first-order chi connectivity index (χ1) is 20.5. The Balaban J connectivity index is 1.10. The molecular weight excluding hydrogens is 542 g/mol. The minimum atomic E-state index is -0.835. The fourth-order valence-electron chi connectivity index (χ4n) is 9.90. The molecule has 3 saturated carbocycles. The number of nitrogens with zero attached hydrogens (tertiary/aromatic N) is 1. The Morgan fingerprint density at radius 3 is 2.49 bits per heavy atom. The normalized spacial score (nSPS) is 34.0. The smallest absolute Gasteiger partial charge is 0.432 e. The summed E-state index contributed by atoms with van der Waals surface area (Å²) < 4.78 is 16.5. The highest BCUT2D eigenvalue weighted by Gasteiger charge is 2.59. The summed E-state index contributed by atoms with van der Waals surface area (Å²) in [6.07, 6.45) is 16.1. The molecule has 7 heteroatoms. The summed E-state index contributed by atoms with van der Waals surface area (Å²) in [5.41, 5.74) is 2.34. The van der Waals surface area contributed by atoms with Crippen LogP contribution in [0.4, 0.5) is 10.5 Å². The van der Waals surface area contributed by atoms with Crippen molar-refractivity contribution in [3.63, 3.8) is 0 Å². The van der Waals surface area contributed by atoms with E-state index in [0.29, 0.717) is 12.0 Å². The van der Waals surface area contributed by atoms with Crippen LogP contribution in [0, 0.1) is 56.5 Å². The highest BCUT2D eigenvalue weighted by Crippen LogP contribution is 2.67. The van der Waals surface area contributed by atoms with Crippen LogP contribution in [0.2, 0.25) is 0 Å². The number of carbonyl (C=O) groups excluding carboxylic acids is 1. The van der Waals surface area contributed by atoms with Crippen LogP contribution in [0.5, 0.6) is 5.75 Å². The van der Waals surface area contributed by atoms with Gasteiger partial charge >= 0.3 is 6.16 Å². The number of carbonyl (C=O) groups is 1. The Kier molecular flexibility index (Phi) is 9.89. The van der Waals surface area contributed by atoms with Gasteiger partial charge in [-0.25, -0.2) is 4.79 Å². The number of non-ortho nitro benzene ring substituents is 1. The van der Waals surface area contributed by atoms with E-state index >= 15 is 0 Å². The quantitative estimate of drug-likeness (QED) is 0.0632. The molecule has 238 valence electrons. The van der Waals surface area contributed by atoms with E-state index in [2.05, 4.69) is 40.7 Å². The molecule has 4 aliphatic rings. The fourth-order valence-corrected chi connectivity index (χ4v) is 9.90. The summed E-state index contributed by atoms with van der Waals surface area (Å²) in [5.74, 6) is 5.24. The number of fused-ring (bicyclic) bond motifs is 5. The summed E-state index contributed by atoms with van der Waals surface area (Å²) in [7, 11) is 0. The average molecular weight is 596 g/mol. The van der Waals surface area contributed by atoms with E-state index in [1.807, 2.05) is 0 Å². The van der Waals surface area contributed by atoms with E-state index in [0.717, 1.165) is 48.3 Å². The lowest BCUT2D eigenvalue weighted by Crippen LogP contribution is -2.51.